The quantitative estimate of drug-likeness (QED) is 0.232. The largest absolute Gasteiger partial charge is 0.495 e. The first kappa shape index (κ1) is 23.4. The number of H-pyrrole nitrogens is 1. The van der Waals surface area contributed by atoms with Gasteiger partial charge in [0.05, 0.1) is 24.2 Å². The fourth-order valence-corrected chi connectivity index (χ4v) is 4.77. The lowest BCUT2D eigenvalue weighted by molar-refractivity contribution is -0.113. The SMILES string of the molecule is COc1ccccc1NC(=O)CSc1nc2c(-c3ccccc3)c[nH]c2c(=O)n1-c1ccc(C)cc1. The summed E-state index contributed by atoms with van der Waals surface area (Å²) in [6, 6.07) is 24.6. The van der Waals surface area contributed by atoms with Crippen molar-refractivity contribution in [3.63, 3.8) is 0 Å². The van der Waals surface area contributed by atoms with E-state index in [0.717, 1.165) is 16.7 Å². The van der Waals surface area contributed by atoms with Crippen LogP contribution in [0.25, 0.3) is 27.8 Å². The predicted octanol–water partition coefficient (Wildman–Crippen LogP) is 5.43. The molecule has 36 heavy (non-hydrogen) atoms. The number of thioether (sulfide) groups is 1. The Hall–Kier alpha value is -4.30. The Bertz CT molecular complexity index is 1590. The number of rotatable bonds is 7. The number of nitrogens with zero attached hydrogens (tertiary/aromatic N) is 2. The molecule has 0 aliphatic rings. The van der Waals surface area contributed by atoms with Crippen LogP contribution >= 0.6 is 11.8 Å². The lowest BCUT2D eigenvalue weighted by Crippen LogP contribution is -2.23. The molecule has 0 atom stereocenters. The molecule has 0 bridgehead atoms. The van der Waals surface area contributed by atoms with E-state index in [0.29, 0.717) is 33.3 Å². The third-order valence-electron chi connectivity index (χ3n) is 5.76. The van der Waals surface area contributed by atoms with Gasteiger partial charge in [0.1, 0.15) is 16.8 Å². The zero-order chi connectivity index (χ0) is 25.1. The molecule has 1 amide bonds. The summed E-state index contributed by atoms with van der Waals surface area (Å²) >= 11 is 1.21. The van der Waals surface area contributed by atoms with Crippen LogP contribution in [0.2, 0.25) is 0 Å². The fraction of sp³-hybridized carbons (Fsp3) is 0.107. The molecule has 2 aromatic heterocycles. The molecule has 0 aliphatic carbocycles. The second-order valence-electron chi connectivity index (χ2n) is 8.20. The number of carbonyl (C=O) groups is 1. The lowest BCUT2D eigenvalue weighted by Gasteiger charge is -2.13. The predicted molar refractivity (Wildman–Crippen MR) is 144 cm³/mol. The highest BCUT2D eigenvalue weighted by Gasteiger charge is 2.19. The molecule has 3 aromatic carbocycles. The van der Waals surface area contributed by atoms with E-state index in [4.69, 9.17) is 9.72 Å². The highest BCUT2D eigenvalue weighted by atomic mass is 32.2. The van der Waals surface area contributed by atoms with Gasteiger partial charge in [-0.1, -0.05) is 71.9 Å². The molecular formula is C28H24N4O3S. The maximum absolute atomic E-state index is 13.7. The van der Waals surface area contributed by atoms with E-state index >= 15 is 0 Å². The van der Waals surface area contributed by atoms with Crippen molar-refractivity contribution in [2.45, 2.75) is 12.1 Å². The number of aromatic amines is 1. The van der Waals surface area contributed by atoms with Gasteiger partial charge in [0.15, 0.2) is 5.16 Å². The number of ether oxygens (including phenoxy) is 1. The monoisotopic (exact) mass is 496 g/mol. The number of hydrogen-bond donors (Lipinski definition) is 2. The minimum absolute atomic E-state index is 0.0625. The average Bonchev–Trinajstić information content (AvgIpc) is 3.33. The van der Waals surface area contributed by atoms with Crippen LogP contribution in [0.1, 0.15) is 5.56 Å². The molecule has 7 nitrogen and oxygen atoms in total. The first-order chi connectivity index (χ1) is 17.5. The molecule has 0 aliphatic heterocycles. The third kappa shape index (κ3) is 4.63. The topological polar surface area (TPSA) is 89.0 Å². The van der Waals surface area contributed by atoms with E-state index in [9.17, 15) is 9.59 Å². The van der Waals surface area contributed by atoms with E-state index in [1.807, 2.05) is 73.7 Å². The number of aromatic nitrogens is 3. The number of methoxy groups -OCH3 is 1. The summed E-state index contributed by atoms with van der Waals surface area (Å²) in [4.78, 5) is 34.5. The van der Waals surface area contributed by atoms with E-state index in [2.05, 4.69) is 10.3 Å². The smallest absolute Gasteiger partial charge is 0.283 e. The van der Waals surface area contributed by atoms with Crippen LogP contribution in [-0.4, -0.2) is 33.3 Å². The number of hydrogen-bond acceptors (Lipinski definition) is 5. The molecule has 5 aromatic rings. The number of nitrogens with one attached hydrogen (secondary N) is 2. The molecule has 0 spiro atoms. The summed E-state index contributed by atoms with van der Waals surface area (Å²) in [5.41, 5.74) is 4.90. The van der Waals surface area contributed by atoms with Gasteiger partial charge in [0.25, 0.3) is 5.56 Å². The zero-order valence-corrected chi connectivity index (χ0v) is 20.6. The molecule has 180 valence electrons. The van der Waals surface area contributed by atoms with Crippen LogP contribution in [0, 0.1) is 6.92 Å². The van der Waals surface area contributed by atoms with Gasteiger partial charge >= 0.3 is 0 Å². The Kier molecular flexibility index (Phi) is 6.60. The number of fused-ring (bicyclic) bond motifs is 1. The van der Waals surface area contributed by atoms with Crippen molar-refractivity contribution in [1.82, 2.24) is 14.5 Å². The van der Waals surface area contributed by atoms with Gasteiger partial charge in [-0.05, 0) is 36.8 Å². The third-order valence-corrected chi connectivity index (χ3v) is 6.70. The van der Waals surface area contributed by atoms with E-state index in [1.54, 1.807) is 30.0 Å². The van der Waals surface area contributed by atoms with Crippen LogP contribution in [0.4, 0.5) is 5.69 Å². The number of benzene rings is 3. The summed E-state index contributed by atoms with van der Waals surface area (Å²) in [6.07, 6.45) is 1.80. The summed E-state index contributed by atoms with van der Waals surface area (Å²) in [5.74, 6) is 0.408. The number of para-hydroxylation sites is 2. The van der Waals surface area contributed by atoms with Gasteiger partial charge < -0.3 is 15.0 Å². The van der Waals surface area contributed by atoms with E-state index in [-0.39, 0.29) is 17.2 Å². The van der Waals surface area contributed by atoms with Gasteiger partial charge in [-0.3, -0.25) is 14.2 Å². The number of carbonyl (C=O) groups excluding carboxylic acids is 1. The van der Waals surface area contributed by atoms with Crippen LogP contribution in [0.5, 0.6) is 5.75 Å². The molecule has 2 N–H and O–H groups in total. The fourth-order valence-electron chi connectivity index (χ4n) is 3.96. The van der Waals surface area contributed by atoms with E-state index < -0.39 is 0 Å². The molecule has 0 unspecified atom stereocenters. The van der Waals surface area contributed by atoms with Crippen molar-refractivity contribution in [1.29, 1.82) is 0 Å². The van der Waals surface area contributed by atoms with E-state index in [1.165, 1.54) is 11.8 Å². The van der Waals surface area contributed by atoms with Crippen LogP contribution in [0.3, 0.4) is 0 Å². The standard InChI is InChI=1S/C28H24N4O3S/c1-18-12-14-20(15-13-18)32-27(34)26-25(21(16-29-26)19-8-4-3-5-9-19)31-28(32)36-17-24(33)30-22-10-6-7-11-23(22)35-2/h3-16,29H,17H2,1-2H3,(H,30,33). The highest BCUT2D eigenvalue weighted by molar-refractivity contribution is 7.99. The summed E-state index contributed by atoms with van der Waals surface area (Å²) in [7, 11) is 1.56. The zero-order valence-electron chi connectivity index (χ0n) is 19.8. The van der Waals surface area contributed by atoms with Crippen molar-refractivity contribution in [3.05, 3.63) is 101 Å². The Morgan fingerprint density at radius 1 is 1.03 bits per heavy atom. The van der Waals surface area contributed by atoms with Crippen LogP contribution < -0.4 is 15.6 Å². The molecule has 0 fully saturated rings. The molecule has 5 rings (SSSR count). The molecular weight excluding hydrogens is 472 g/mol. The molecule has 0 saturated heterocycles. The minimum Gasteiger partial charge on any atom is -0.495 e. The van der Waals surface area contributed by atoms with Crippen LogP contribution in [0.15, 0.2) is 95.0 Å². The maximum Gasteiger partial charge on any atom is 0.283 e. The average molecular weight is 497 g/mol. The lowest BCUT2D eigenvalue weighted by atomic mass is 10.1. The summed E-state index contributed by atoms with van der Waals surface area (Å²) in [5, 5.41) is 3.31. The maximum atomic E-state index is 13.7. The van der Waals surface area contributed by atoms with Gasteiger partial charge in [0, 0.05) is 11.8 Å². The first-order valence-electron chi connectivity index (χ1n) is 11.4. The minimum atomic E-state index is -0.230. The number of anilines is 1. The molecule has 0 radical (unpaired) electrons. The Balaban J connectivity index is 1.54. The number of aryl methyl sites for hydroxylation is 1. The normalized spacial score (nSPS) is 10.9. The van der Waals surface area contributed by atoms with Crippen LogP contribution in [-0.2, 0) is 4.79 Å². The molecule has 8 heteroatoms. The van der Waals surface area contributed by atoms with Crippen molar-refractivity contribution in [2.24, 2.45) is 0 Å². The second kappa shape index (κ2) is 10.1. The van der Waals surface area contributed by atoms with Gasteiger partial charge in [0.2, 0.25) is 5.91 Å². The van der Waals surface area contributed by atoms with Crippen molar-refractivity contribution < 1.29 is 9.53 Å². The Labute approximate surface area is 212 Å². The second-order valence-corrected chi connectivity index (χ2v) is 9.14. The Morgan fingerprint density at radius 2 is 1.75 bits per heavy atom. The van der Waals surface area contributed by atoms with Gasteiger partial charge in [-0.15, -0.1) is 0 Å². The molecule has 2 heterocycles. The number of amides is 1. The van der Waals surface area contributed by atoms with Crippen molar-refractivity contribution in [3.8, 4) is 22.6 Å². The van der Waals surface area contributed by atoms with Gasteiger partial charge in [-0.25, -0.2) is 4.98 Å². The van der Waals surface area contributed by atoms with Crippen molar-refractivity contribution >= 4 is 34.4 Å². The summed E-state index contributed by atoms with van der Waals surface area (Å²) < 4.78 is 6.87. The highest BCUT2D eigenvalue weighted by Crippen LogP contribution is 2.29. The Morgan fingerprint density at radius 3 is 2.50 bits per heavy atom. The first-order valence-corrected chi connectivity index (χ1v) is 12.4. The van der Waals surface area contributed by atoms with Crippen molar-refractivity contribution in [2.75, 3.05) is 18.2 Å². The molecule has 0 saturated carbocycles. The summed E-state index contributed by atoms with van der Waals surface area (Å²) in [6.45, 7) is 1.99. The van der Waals surface area contributed by atoms with Gasteiger partial charge in [-0.2, -0.15) is 0 Å².